The fourth-order valence-corrected chi connectivity index (χ4v) is 2.61. The molecule has 4 N–H and O–H groups in total. The van der Waals surface area contributed by atoms with Crippen LogP contribution in [0.5, 0.6) is 5.75 Å². The van der Waals surface area contributed by atoms with Crippen LogP contribution in [0.1, 0.15) is 6.92 Å². The second-order valence-corrected chi connectivity index (χ2v) is 5.29. The van der Waals surface area contributed by atoms with Crippen LogP contribution in [0.25, 0.3) is 0 Å². The van der Waals surface area contributed by atoms with Crippen molar-refractivity contribution >= 4 is 15.7 Å². The average Bonchev–Trinajstić information content (AvgIpc) is 2.27. The van der Waals surface area contributed by atoms with Gasteiger partial charge in [-0.2, -0.15) is 0 Å². The molecule has 0 saturated heterocycles. The normalized spacial score (nSPS) is 13.4. The smallest absolute Gasteiger partial charge is 0.242 e. The number of aliphatic hydroxyl groups is 1. The van der Waals surface area contributed by atoms with E-state index >= 15 is 0 Å². The maximum absolute atomic E-state index is 11.9. The number of anilines is 1. The molecule has 0 aliphatic rings. The molecule has 0 heterocycles. The van der Waals surface area contributed by atoms with E-state index in [9.17, 15) is 8.42 Å². The number of rotatable bonds is 5. The van der Waals surface area contributed by atoms with E-state index in [1.807, 2.05) is 0 Å². The van der Waals surface area contributed by atoms with Crippen molar-refractivity contribution < 1.29 is 18.3 Å². The topological polar surface area (TPSA) is 102 Å². The van der Waals surface area contributed by atoms with Crippen molar-refractivity contribution in [2.24, 2.45) is 0 Å². The van der Waals surface area contributed by atoms with Crippen molar-refractivity contribution in [3.63, 3.8) is 0 Å². The maximum Gasteiger partial charge on any atom is 0.242 e. The van der Waals surface area contributed by atoms with Crippen molar-refractivity contribution in [1.82, 2.24) is 4.72 Å². The highest BCUT2D eigenvalue weighted by molar-refractivity contribution is 7.89. The highest BCUT2D eigenvalue weighted by Crippen LogP contribution is 2.23. The molecule has 1 rings (SSSR count). The number of methoxy groups -OCH3 is 1. The Morgan fingerprint density at radius 1 is 1.53 bits per heavy atom. The summed E-state index contributed by atoms with van der Waals surface area (Å²) in [4.78, 5) is -0.0291. The van der Waals surface area contributed by atoms with Gasteiger partial charge in [0.25, 0.3) is 0 Å². The van der Waals surface area contributed by atoms with Gasteiger partial charge < -0.3 is 15.6 Å². The van der Waals surface area contributed by atoms with Gasteiger partial charge in [0.1, 0.15) is 10.6 Å². The van der Waals surface area contributed by atoms with Crippen molar-refractivity contribution in [3.05, 3.63) is 18.2 Å². The molecule has 0 aliphatic carbocycles. The minimum absolute atomic E-state index is 0.0291. The minimum Gasteiger partial charge on any atom is -0.497 e. The molecule has 17 heavy (non-hydrogen) atoms. The summed E-state index contributed by atoms with van der Waals surface area (Å²) >= 11 is 0. The zero-order chi connectivity index (χ0) is 13.1. The largest absolute Gasteiger partial charge is 0.497 e. The number of hydrogen-bond donors (Lipinski definition) is 3. The standard InChI is InChI=1S/C10H16N2O4S/c1-7(6-13)12-17(14,15)10-4-3-8(16-2)5-9(10)11/h3-5,7,12-13H,6,11H2,1-2H3. The van der Waals surface area contributed by atoms with Gasteiger partial charge in [-0.3, -0.25) is 0 Å². The highest BCUT2D eigenvalue weighted by atomic mass is 32.2. The quantitative estimate of drug-likeness (QED) is 0.644. The summed E-state index contributed by atoms with van der Waals surface area (Å²) in [6.45, 7) is 1.27. The molecule has 6 nitrogen and oxygen atoms in total. The van der Waals surface area contributed by atoms with Crippen LogP contribution in [-0.2, 0) is 10.0 Å². The lowest BCUT2D eigenvalue weighted by molar-refractivity contribution is 0.265. The summed E-state index contributed by atoms with van der Waals surface area (Å²) in [5.41, 5.74) is 5.74. The summed E-state index contributed by atoms with van der Waals surface area (Å²) in [7, 11) is -2.25. The third-order valence-electron chi connectivity index (χ3n) is 2.14. The van der Waals surface area contributed by atoms with Crippen LogP contribution in [0.3, 0.4) is 0 Å². The van der Waals surface area contributed by atoms with Crippen LogP contribution >= 0.6 is 0 Å². The first-order chi connectivity index (χ1) is 7.90. The second kappa shape index (κ2) is 5.35. The Balaban J connectivity index is 3.07. The number of nitrogen functional groups attached to an aromatic ring is 1. The number of nitrogens with two attached hydrogens (primary N) is 1. The lowest BCUT2D eigenvalue weighted by atomic mass is 10.3. The summed E-state index contributed by atoms with van der Waals surface area (Å²) in [5.74, 6) is 0.483. The van der Waals surface area contributed by atoms with Gasteiger partial charge in [0, 0.05) is 12.1 Å². The van der Waals surface area contributed by atoms with Gasteiger partial charge in [-0.25, -0.2) is 13.1 Å². The molecule has 0 aromatic heterocycles. The van der Waals surface area contributed by atoms with E-state index in [-0.39, 0.29) is 17.2 Å². The summed E-state index contributed by atoms with van der Waals surface area (Å²) in [6, 6.07) is 3.73. The van der Waals surface area contributed by atoms with E-state index < -0.39 is 16.1 Å². The van der Waals surface area contributed by atoms with Crippen molar-refractivity contribution in [2.45, 2.75) is 17.9 Å². The fraction of sp³-hybridized carbons (Fsp3) is 0.400. The van der Waals surface area contributed by atoms with Gasteiger partial charge in [0.2, 0.25) is 10.0 Å². The first-order valence-corrected chi connectivity index (χ1v) is 6.45. The van der Waals surface area contributed by atoms with Crippen LogP contribution in [0, 0.1) is 0 Å². The van der Waals surface area contributed by atoms with Gasteiger partial charge in [-0.05, 0) is 19.1 Å². The molecule has 1 unspecified atom stereocenters. The van der Waals surface area contributed by atoms with Crippen LogP contribution in [0.4, 0.5) is 5.69 Å². The molecule has 1 aromatic carbocycles. The average molecular weight is 260 g/mol. The van der Waals surface area contributed by atoms with Crippen LogP contribution in [-0.4, -0.2) is 33.3 Å². The highest BCUT2D eigenvalue weighted by Gasteiger charge is 2.19. The van der Waals surface area contributed by atoms with Gasteiger partial charge >= 0.3 is 0 Å². The third kappa shape index (κ3) is 3.32. The van der Waals surface area contributed by atoms with E-state index in [0.29, 0.717) is 5.75 Å². The predicted octanol–water partition coefficient (Wildman–Crippen LogP) is -0.0635. The Bertz CT molecular complexity index is 487. The molecular weight excluding hydrogens is 244 g/mol. The number of aliphatic hydroxyl groups excluding tert-OH is 1. The summed E-state index contributed by atoms with van der Waals surface area (Å²) in [5, 5.41) is 8.82. The molecule has 0 bridgehead atoms. The molecule has 0 spiro atoms. The summed E-state index contributed by atoms with van der Waals surface area (Å²) < 4.78 is 31.0. The van der Waals surface area contributed by atoms with Crippen molar-refractivity contribution in [1.29, 1.82) is 0 Å². The second-order valence-electron chi connectivity index (χ2n) is 3.61. The number of benzene rings is 1. The molecule has 96 valence electrons. The first kappa shape index (κ1) is 13.8. The Morgan fingerprint density at radius 3 is 2.65 bits per heavy atom. The lowest BCUT2D eigenvalue weighted by Crippen LogP contribution is -2.35. The van der Waals surface area contributed by atoms with Crippen LogP contribution in [0.15, 0.2) is 23.1 Å². The van der Waals surface area contributed by atoms with Crippen molar-refractivity contribution in [3.8, 4) is 5.75 Å². The first-order valence-electron chi connectivity index (χ1n) is 4.97. The van der Waals surface area contributed by atoms with Gasteiger partial charge in [-0.15, -0.1) is 0 Å². The molecule has 1 aromatic rings. The molecule has 0 saturated carbocycles. The lowest BCUT2D eigenvalue weighted by Gasteiger charge is -2.13. The molecule has 1 atom stereocenters. The Labute approximate surface area is 100 Å². The van der Waals surface area contributed by atoms with E-state index in [4.69, 9.17) is 15.6 Å². The number of sulfonamides is 1. The number of ether oxygens (including phenoxy) is 1. The van der Waals surface area contributed by atoms with E-state index in [0.717, 1.165) is 0 Å². The Kier molecular flexibility index (Phi) is 4.33. The molecule has 0 radical (unpaired) electrons. The Hall–Kier alpha value is -1.31. The summed E-state index contributed by atoms with van der Waals surface area (Å²) in [6.07, 6.45) is 0. The maximum atomic E-state index is 11.9. The van der Waals surface area contributed by atoms with Crippen LogP contribution < -0.4 is 15.2 Å². The van der Waals surface area contributed by atoms with Gasteiger partial charge in [-0.1, -0.05) is 0 Å². The monoisotopic (exact) mass is 260 g/mol. The zero-order valence-electron chi connectivity index (χ0n) is 9.67. The molecule has 0 fully saturated rings. The molecule has 7 heteroatoms. The van der Waals surface area contributed by atoms with Gasteiger partial charge in [0.15, 0.2) is 0 Å². The van der Waals surface area contributed by atoms with Gasteiger partial charge in [0.05, 0.1) is 19.4 Å². The minimum atomic E-state index is -3.72. The SMILES string of the molecule is COc1ccc(S(=O)(=O)NC(C)CO)c(N)c1. The number of hydrogen-bond acceptors (Lipinski definition) is 5. The Morgan fingerprint density at radius 2 is 2.18 bits per heavy atom. The molecule has 0 amide bonds. The zero-order valence-corrected chi connectivity index (χ0v) is 10.5. The van der Waals surface area contributed by atoms with Crippen molar-refractivity contribution in [2.75, 3.05) is 19.5 Å². The van der Waals surface area contributed by atoms with E-state index in [1.165, 1.54) is 25.3 Å². The number of nitrogens with one attached hydrogen (secondary N) is 1. The molecule has 0 aliphatic heterocycles. The van der Waals surface area contributed by atoms with E-state index in [2.05, 4.69) is 4.72 Å². The van der Waals surface area contributed by atoms with Crippen LogP contribution in [0.2, 0.25) is 0 Å². The predicted molar refractivity (Wildman–Crippen MR) is 64.3 cm³/mol. The molecular formula is C10H16N2O4S. The fourth-order valence-electron chi connectivity index (χ4n) is 1.26. The van der Waals surface area contributed by atoms with E-state index in [1.54, 1.807) is 6.92 Å². The third-order valence-corrected chi connectivity index (χ3v) is 3.80.